The van der Waals surface area contributed by atoms with E-state index < -0.39 is 16.0 Å². The summed E-state index contributed by atoms with van der Waals surface area (Å²) in [5.41, 5.74) is 0.863. The first-order valence-corrected chi connectivity index (χ1v) is 11.1. The number of nitrogens with one attached hydrogen (secondary N) is 1. The highest BCUT2D eigenvalue weighted by atomic mass is 32.2. The second-order valence-corrected chi connectivity index (χ2v) is 8.53. The van der Waals surface area contributed by atoms with E-state index in [9.17, 15) is 13.2 Å². The molecule has 0 bridgehead atoms. The summed E-state index contributed by atoms with van der Waals surface area (Å²) in [5.74, 6) is 0.420. The van der Waals surface area contributed by atoms with Crippen molar-refractivity contribution in [3.8, 4) is 17.1 Å². The van der Waals surface area contributed by atoms with Crippen molar-refractivity contribution in [2.24, 2.45) is 0 Å². The molecule has 0 atom stereocenters. The summed E-state index contributed by atoms with van der Waals surface area (Å²) in [4.78, 5) is 16.6. The average molecular weight is 445 g/mol. The molecule has 0 amide bonds. The summed E-state index contributed by atoms with van der Waals surface area (Å²) in [6, 6.07) is 12.5. The first-order valence-electron chi connectivity index (χ1n) is 9.64. The second kappa shape index (κ2) is 9.71. The van der Waals surface area contributed by atoms with Crippen molar-refractivity contribution in [2.75, 3.05) is 6.61 Å². The molecule has 0 saturated heterocycles. The van der Waals surface area contributed by atoms with E-state index in [-0.39, 0.29) is 29.0 Å². The quantitative estimate of drug-likeness (QED) is 0.499. The normalized spacial score (nSPS) is 11.5. The Labute approximate surface area is 180 Å². The van der Waals surface area contributed by atoms with Gasteiger partial charge in [-0.2, -0.15) is 4.98 Å². The number of esters is 1. The zero-order chi connectivity index (χ0) is 22.4. The lowest BCUT2D eigenvalue weighted by Crippen LogP contribution is -2.30. The van der Waals surface area contributed by atoms with Crippen LogP contribution in [0.25, 0.3) is 11.4 Å². The molecular weight excluding hydrogens is 422 g/mol. The molecule has 1 aromatic heterocycles. The van der Waals surface area contributed by atoms with Crippen molar-refractivity contribution >= 4 is 16.0 Å². The highest BCUT2D eigenvalue weighted by molar-refractivity contribution is 7.89. The molecule has 164 valence electrons. The largest absolute Gasteiger partial charge is 0.493 e. The predicted octanol–water partition coefficient (Wildman–Crippen LogP) is 3.18. The minimum Gasteiger partial charge on any atom is -0.493 e. The number of carbonyl (C=O) groups is 1. The zero-order valence-corrected chi connectivity index (χ0v) is 18.2. The van der Waals surface area contributed by atoms with Gasteiger partial charge in [0.25, 0.3) is 5.89 Å². The molecule has 31 heavy (non-hydrogen) atoms. The van der Waals surface area contributed by atoms with Crippen LogP contribution in [0.1, 0.15) is 37.0 Å². The smallest absolute Gasteiger partial charge is 0.338 e. The number of para-hydroxylation sites is 1. The lowest BCUT2D eigenvalue weighted by Gasteiger charge is -2.09. The summed E-state index contributed by atoms with van der Waals surface area (Å²) < 4.78 is 42.7. The number of sulfonamides is 1. The van der Waals surface area contributed by atoms with Crippen molar-refractivity contribution in [3.05, 3.63) is 60.0 Å². The highest BCUT2D eigenvalue weighted by Crippen LogP contribution is 2.27. The summed E-state index contributed by atoms with van der Waals surface area (Å²) >= 11 is 0. The third kappa shape index (κ3) is 5.68. The molecular formula is C21H23N3O6S. The average Bonchev–Trinajstić information content (AvgIpc) is 3.21. The number of nitrogens with zero attached hydrogens (tertiary/aromatic N) is 2. The van der Waals surface area contributed by atoms with Gasteiger partial charge in [0.05, 0.1) is 22.6 Å². The Balaban J connectivity index is 1.64. The van der Waals surface area contributed by atoms with Crippen molar-refractivity contribution in [2.45, 2.75) is 38.3 Å². The molecule has 1 heterocycles. The fraction of sp³-hybridized carbons (Fsp3) is 0.286. The minimum absolute atomic E-state index is 0.0623. The molecule has 0 aliphatic carbocycles. The third-order valence-corrected chi connectivity index (χ3v) is 5.69. The Morgan fingerprint density at radius 1 is 1.13 bits per heavy atom. The molecule has 10 heteroatoms. The van der Waals surface area contributed by atoms with E-state index in [2.05, 4.69) is 14.9 Å². The van der Waals surface area contributed by atoms with E-state index in [1.807, 2.05) is 19.1 Å². The van der Waals surface area contributed by atoms with E-state index in [4.69, 9.17) is 14.0 Å². The number of benzene rings is 2. The van der Waals surface area contributed by atoms with Crippen molar-refractivity contribution < 1.29 is 27.2 Å². The lowest BCUT2D eigenvalue weighted by atomic mass is 10.2. The first-order chi connectivity index (χ1) is 14.8. The molecule has 3 aromatic rings. The highest BCUT2D eigenvalue weighted by Gasteiger charge is 2.18. The van der Waals surface area contributed by atoms with Crippen LogP contribution in [-0.2, 0) is 21.4 Å². The molecule has 0 radical (unpaired) electrons. The fourth-order valence-electron chi connectivity index (χ4n) is 2.71. The monoisotopic (exact) mass is 445 g/mol. The van der Waals surface area contributed by atoms with Crippen molar-refractivity contribution in [1.82, 2.24) is 14.9 Å². The van der Waals surface area contributed by atoms with Crippen LogP contribution in [0.4, 0.5) is 0 Å². The number of ether oxygens (including phenoxy) is 2. The van der Waals surface area contributed by atoms with Gasteiger partial charge in [-0.05, 0) is 57.2 Å². The van der Waals surface area contributed by atoms with Gasteiger partial charge in [0.2, 0.25) is 15.8 Å². The van der Waals surface area contributed by atoms with Crippen LogP contribution in [0.3, 0.4) is 0 Å². The number of aromatic nitrogens is 2. The van der Waals surface area contributed by atoms with Gasteiger partial charge in [-0.3, -0.25) is 0 Å². The number of carbonyl (C=O) groups excluding carboxylic acids is 1. The number of hydrogen-bond donors (Lipinski definition) is 1. The Kier molecular flexibility index (Phi) is 7.03. The van der Waals surface area contributed by atoms with Crippen LogP contribution in [0.5, 0.6) is 5.75 Å². The van der Waals surface area contributed by atoms with E-state index in [1.54, 1.807) is 26.0 Å². The summed E-state index contributed by atoms with van der Waals surface area (Å²) in [7, 11) is -3.63. The van der Waals surface area contributed by atoms with E-state index in [0.29, 0.717) is 23.7 Å². The maximum absolute atomic E-state index is 12.3. The van der Waals surface area contributed by atoms with Gasteiger partial charge in [0.15, 0.2) is 6.61 Å². The topological polar surface area (TPSA) is 121 Å². The summed E-state index contributed by atoms with van der Waals surface area (Å²) in [6.45, 7) is 5.59. The maximum Gasteiger partial charge on any atom is 0.338 e. The molecule has 0 aliphatic rings. The van der Waals surface area contributed by atoms with Crippen LogP contribution < -0.4 is 9.46 Å². The van der Waals surface area contributed by atoms with Gasteiger partial charge in [-0.1, -0.05) is 17.3 Å². The summed E-state index contributed by atoms with van der Waals surface area (Å²) in [6.07, 6.45) is 0. The summed E-state index contributed by atoms with van der Waals surface area (Å²) in [5, 5.41) is 3.91. The van der Waals surface area contributed by atoms with Gasteiger partial charge < -0.3 is 14.0 Å². The fourth-order valence-corrected chi connectivity index (χ4v) is 3.97. The number of rotatable bonds is 9. The van der Waals surface area contributed by atoms with Gasteiger partial charge in [-0.25, -0.2) is 17.9 Å². The van der Waals surface area contributed by atoms with Gasteiger partial charge in [0, 0.05) is 6.04 Å². The van der Waals surface area contributed by atoms with Crippen LogP contribution >= 0.6 is 0 Å². The first kappa shape index (κ1) is 22.4. The van der Waals surface area contributed by atoms with Gasteiger partial charge in [0.1, 0.15) is 5.75 Å². The van der Waals surface area contributed by atoms with Crippen LogP contribution in [-0.4, -0.2) is 37.2 Å². The Morgan fingerprint density at radius 2 is 1.84 bits per heavy atom. The van der Waals surface area contributed by atoms with Crippen LogP contribution in [0.2, 0.25) is 0 Å². The molecule has 0 saturated carbocycles. The molecule has 0 unspecified atom stereocenters. The Hall–Kier alpha value is -3.24. The predicted molar refractivity (Wildman–Crippen MR) is 112 cm³/mol. The zero-order valence-electron chi connectivity index (χ0n) is 17.4. The third-order valence-electron chi connectivity index (χ3n) is 4.01. The molecule has 3 rings (SSSR count). The minimum atomic E-state index is -3.63. The van der Waals surface area contributed by atoms with E-state index in [1.165, 1.54) is 24.3 Å². The SMILES string of the molecule is CCOc1ccccc1-c1noc(COC(=O)c2ccc(S(=O)(=O)NC(C)C)cc2)n1. The Bertz CT molecular complexity index is 1140. The standard InChI is InChI=1S/C21H23N3O6S/c1-4-28-18-8-6-5-7-17(18)20-22-19(30-23-20)13-29-21(25)15-9-11-16(12-10-15)31(26,27)24-14(2)3/h5-12,14,24H,4,13H2,1-3H3. The Morgan fingerprint density at radius 3 is 2.52 bits per heavy atom. The molecule has 0 fully saturated rings. The molecule has 0 spiro atoms. The molecule has 2 aromatic carbocycles. The molecule has 0 aliphatic heterocycles. The second-order valence-electron chi connectivity index (χ2n) is 6.82. The van der Waals surface area contributed by atoms with Crippen molar-refractivity contribution in [1.29, 1.82) is 0 Å². The number of hydrogen-bond acceptors (Lipinski definition) is 8. The van der Waals surface area contributed by atoms with Crippen LogP contribution in [0.15, 0.2) is 57.9 Å². The van der Waals surface area contributed by atoms with Crippen molar-refractivity contribution in [3.63, 3.8) is 0 Å². The maximum atomic E-state index is 12.3. The van der Waals surface area contributed by atoms with Crippen LogP contribution in [0, 0.1) is 0 Å². The lowest BCUT2D eigenvalue weighted by molar-refractivity contribution is 0.0429. The molecule has 9 nitrogen and oxygen atoms in total. The van der Waals surface area contributed by atoms with Gasteiger partial charge in [-0.15, -0.1) is 0 Å². The molecule has 1 N–H and O–H groups in total. The van der Waals surface area contributed by atoms with E-state index in [0.717, 1.165) is 0 Å². The van der Waals surface area contributed by atoms with E-state index >= 15 is 0 Å². The van der Waals surface area contributed by atoms with Gasteiger partial charge >= 0.3 is 5.97 Å².